The first-order chi connectivity index (χ1) is 11.5. The van der Waals surface area contributed by atoms with Crippen LogP contribution in [0.4, 0.5) is 10.1 Å². The van der Waals surface area contributed by atoms with Crippen LogP contribution < -0.4 is 4.90 Å². The number of carbonyl (C=O) groups excluding carboxylic acids is 1. The highest BCUT2D eigenvalue weighted by Gasteiger charge is 2.34. The van der Waals surface area contributed by atoms with Crippen molar-refractivity contribution in [3.8, 4) is 0 Å². The van der Waals surface area contributed by atoms with Gasteiger partial charge in [-0.15, -0.1) is 0 Å². The monoisotopic (exact) mass is 416 g/mol. The molecule has 0 bridgehead atoms. The number of aliphatic hydroxyl groups excluding tert-OH is 1. The highest BCUT2D eigenvalue weighted by molar-refractivity contribution is 9.10. The average Bonchev–Trinajstić information content (AvgIpc) is 2.49. The molecule has 1 aromatic heterocycles. The summed E-state index contributed by atoms with van der Waals surface area (Å²) >= 11 is 3.54. The van der Waals surface area contributed by atoms with Gasteiger partial charge in [0.05, 0.1) is 22.0 Å². The number of aryl methyl sites for hydroxylation is 2. The molecule has 7 heteroatoms. The van der Waals surface area contributed by atoms with E-state index in [1.165, 1.54) is 0 Å². The van der Waals surface area contributed by atoms with Crippen molar-refractivity contribution < 1.29 is 19.0 Å². The number of hydrogen-bond donors (Lipinski definition) is 1. The second-order valence-electron chi connectivity index (χ2n) is 7.15. The van der Waals surface area contributed by atoms with Gasteiger partial charge in [-0.3, -0.25) is 4.98 Å². The lowest BCUT2D eigenvalue weighted by atomic mass is 9.94. The van der Waals surface area contributed by atoms with E-state index in [4.69, 9.17) is 4.74 Å². The zero-order valence-corrected chi connectivity index (χ0v) is 17.0. The molecule has 1 atom stereocenters. The highest BCUT2D eigenvalue weighted by Crippen LogP contribution is 2.40. The SMILES string of the molecule is Cc1nc(C)c(C(O)C(=O)OC(C)C)c(N2CCC(C)(F)CC2)c1Br. The molecule has 1 aliphatic rings. The number of esters is 1. The largest absolute Gasteiger partial charge is 0.461 e. The molecule has 1 aliphatic heterocycles. The number of rotatable bonds is 4. The third kappa shape index (κ3) is 4.50. The Morgan fingerprint density at radius 3 is 2.40 bits per heavy atom. The molecular formula is C18H26BrFN2O3. The van der Waals surface area contributed by atoms with Gasteiger partial charge in [-0.2, -0.15) is 0 Å². The zero-order valence-electron chi connectivity index (χ0n) is 15.4. The molecule has 1 aromatic rings. The van der Waals surface area contributed by atoms with Crippen molar-refractivity contribution in [2.24, 2.45) is 0 Å². The lowest BCUT2D eigenvalue weighted by molar-refractivity contribution is -0.157. The second-order valence-corrected chi connectivity index (χ2v) is 7.94. The Labute approximate surface area is 156 Å². The molecule has 2 rings (SSSR count). The van der Waals surface area contributed by atoms with E-state index >= 15 is 0 Å². The number of piperidine rings is 1. The fraction of sp³-hybridized carbons (Fsp3) is 0.667. The van der Waals surface area contributed by atoms with E-state index in [1.54, 1.807) is 27.7 Å². The van der Waals surface area contributed by atoms with E-state index in [1.807, 2.05) is 11.8 Å². The standard InChI is InChI=1S/C18H26BrFN2O3/c1-10(2)25-17(24)16(23)13-11(3)21-12(4)14(19)15(13)22-8-6-18(5,20)7-9-22/h10,16,23H,6-9H2,1-5H3. The summed E-state index contributed by atoms with van der Waals surface area (Å²) in [5, 5.41) is 10.6. The van der Waals surface area contributed by atoms with Gasteiger partial charge in [0.1, 0.15) is 5.67 Å². The lowest BCUT2D eigenvalue weighted by Gasteiger charge is -2.38. The maximum atomic E-state index is 14.2. The number of ether oxygens (including phenoxy) is 1. The number of nitrogens with zero attached hydrogens (tertiary/aromatic N) is 2. The summed E-state index contributed by atoms with van der Waals surface area (Å²) in [7, 11) is 0. The quantitative estimate of drug-likeness (QED) is 0.756. The Balaban J connectivity index is 2.46. The van der Waals surface area contributed by atoms with Crippen LogP contribution in [0.3, 0.4) is 0 Å². The van der Waals surface area contributed by atoms with Crippen molar-refractivity contribution in [2.45, 2.75) is 65.3 Å². The Kier molecular flexibility index (Phi) is 6.09. The number of anilines is 1. The van der Waals surface area contributed by atoms with Crippen molar-refractivity contribution >= 4 is 27.6 Å². The molecule has 2 heterocycles. The van der Waals surface area contributed by atoms with Crippen LogP contribution >= 0.6 is 15.9 Å². The van der Waals surface area contributed by atoms with Gasteiger partial charge in [-0.1, -0.05) is 0 Å². The first-order valence-corrected chi connectivity index (χ1v) is 9.32. The third-order valence-corrected chi connectivity index (χ3v) is 5.43. The summed E-state index contributed by atoms with van der Waals surface area (Å²) in [5.41, 5.74) is 1.26. The van der Waals surface area contributed by atoms with Crippen molar-refractivity contribution in [3.63, 3.8) is 0 Å². The summed E-state index contributed by atoms with van der Waals surface area (Å²) in [6, 6.07) is 0. The van der Waals surface area contributed by atoms with Crippen LogP contribution in [0.1, 0.15) is 56.7 Å². The number of halogens is 2. The van der Waals surface area contributed by atoms with Crippen LogP contribution in [-0.2, 0) is 9.53 Å². The van der Waals surface area contributed by atoms with Crippen LogP contribution in [0.2, 0.25) is 0 Å². The van der Waals surface area contributed by atoms with Gasteiger partial charge >= 0.3 is 5.97 Å². The summed E-state index contributed by atoms with van der Waals surface area (Å²) < 4.78 is 20.0. The summed E-state index contributed by atoms with van der Waals surface area (Å²) in [6.07, 6.45) is -0.965. The molecular weight excluding hydrogens is 391 g/mol. The first kappa shape index (κ1) is 20.1. The predicted molar refractivity (Wildman–Crippen MR) is 98.6 cm³/mol. The molecule has 1 fully saturated rings. The number of aromatic nitrogens is 1. The van der Waals surface area contributed by atoms with Crippen molar-refractivity contribution in [2.75, 3.05) is 18.0 Å². The van der Waals surface area contributed by atoms with Crippen molar-refractivity contribution in [3.05, 3.63) is 21.4 Å². The number of carbonyl (C=O) groups is 1. The molecule has 0 radical (unpaired) electrons. The normalized spacial score (nSPS) is 18.4. The van der Waals surface area contributed by atoms with Crippen LogP contribution in [0, 0.1) is 13.8 Å². The van der Waals surface area contributed by atoms with Crippen molar-refractivity contribution in [1.82, 2.24) is 4.98 Å². The van der Waals surface area contributed by atoms with E-state index in [0.29, 0.717) is 47.3 Å². The Morgan fingerprint density at radius 1 is 1.32 bits per heavy atom. The smallest absolute Gasteiger partial charge is 0.340 e. The maximum Gasteiger partial charge on any atom is 0.340 e. The summed E-state index contributed by atoms with van der Waals surface area (Å²) in [4.78, 5) is 18.7. The topological polar surface area (TPSA) is 62.7 Å². The minimum absolute atomic E-state index is 0.324. The second kappa shape index (κ2) is 7.58. The molecule has 1 saturated heterocycles. The number of pyridine rings is 1. The minimum atomic E-state index is -1.43. The third-order valence-electron chi connectivity index (χ3n) is 4.48. The molecule has 1 N–H and O–H groups in total. The average molecular weight is 417 g/mol. The molecule has 0 saturated carbocycles. The maximum absolute atomic E-state index is 14.2. The molecule has 25 heavy (non-hydrogen) atoms. The molecule has 140 valence electrons. The van der Waals surface area contributed by atoms with Gasteiger partial charge in [0.25, 0.3) is 0 Å². The van der Waals surface area contributed by atoms with Gasteiger partial charge in [-0.05, 0) is 63.4 Å². The van der Waals surface area contributed by atoms with Crippen LogP contribution in [0.5, 0.6) is 0 Å². The van der Waals surface area contributed by atoms with E-state index in [2.05, 4.69) is 20.9 Å². The fourth-order valence-electron chi connectivity index (χ4n) is 3.07. The summed E-state index contributed by atoms with van der Waals surface area (Å²) in [5.74, 6) is -0.704. The van der Waals surface area contributed by atoms with Gasteiger partial charge in [-0.25, -0.2) is 9.18 Å². The van der Waals surface area contributed by atoms with Gasteiger partial charge in [0, 0.05) is 24.3 Å². The van der Waals surface area contributed by atoms with Crippen LogP contribution in [0.15, 0.2) is 4.47 Å². The van der Waals surface area contributed by atoms with E-state index in [-0.39, 0.29) is 6.10 Å². The van der Waals surface area contributed by atoms with Gasteiger partial charge in [0.2, 0.25) is 0 Å². The fourth-order valence-corrected chi connectivity index (χ4v) is 3.62. The molecule has 0 aromatic carbocycles. The number of hydrogen-bond acceptors (Lipinski definition) is 5. The van der Waals surface area contributed by atoms with E-state index in [0.717, 1.165) is 5.69 Å². The van der Waals surface area contributed by atoms with Crippen LogP contribution in [0.25, 0.3) is 0 Å². The Hall–Kier alpha value is -1.21. The van der Waals surface area contributed by atoms with Crippen LogP contribution in [-0.4, -0.2) is 40.9 Å². The Bertz CT molecular complexity index is 654. The zero-order chi connectivity index (χ0) is 18.9. The molecule has 5 nitrogen and oxygen atoms in total. The molecule has 1 unspecified atom stereocenters. The van der Waals surface area contributed by atoms with E-state index in [9.17, 15) is 14.3 Å². The predicted octanol–water partition coefficient (Wildman–Crippen LogP) is 3.77. The van der Waals surface area contributed by atoms with Crippen molar-refractivity contribution in [1.29, 1.82) is 0 Å². The highest BCUT2D eigenvalue weighted by atomic mass is 79.9. The summed E-state index contributed by atoms with van der Waals surface area (Å²) in [6.45, 7) is 9.70. The van der Waals surface area contributed by atoms with Gasteiger partial charge in [0.15, 0.2) is 6.10 Å². The van der Waals surface area contributed by atoms with Gasteiger partial charge < -0.3 is 14.7 Å². The molecule has 0 spiro atoms. The number of aliphatic hydroxyl groups is 1. The molecule has 0 amide bonds. The minimum Gasteiger partial charge on any atom is -0.461 e. The Morgan fingerprint density at radius 2 is 1.88 bits per heavy atom. The molecule has 0 aliphatic carbocycles. The first-order valence-electron chi connectivity index (χ1n) is 8.52. The number of alkyl halides is 1. The van der Waals surface area contributed by atoms with E-state index < -0.39 is 17.7 Å². The lowest BCUT2D eigenvalue weighted by Crippen LogP contribution is -2.41.